The van der Waals surface area contributed by atoms with Gasteiger partial charge in [-0.1, -0.05) is 18.2 Å². The number of nitrogens with zero attached hydrogens (tertiary/aromatic N) is 2. The summed E-state index contributed by atoms with van der Waals surface area (Å²) in [7, 11) is 0. The van der Waals surface area contributed by atoms with Crippen molar-refractivity contribution < 1.29 is 4.79 Å². The van der Waals surface area contributed by atoms with Crippen LogP contribution in [0, 0.1) is 0 Å². The lowest BCUT2D eigenvalue weighted by Crippen LogP contribution is -2.37. The Morgan fingerprint density at radius 3 is 2.75 bits per heavy atom. The normalized spacial score (nSPS) is 17.2. The first-order chi connectivity index (χ1) is 11.8. The largest absolute Gasteiger partial charge is 0.347 e. The molecular formula is C18H17N3OS2. The number of hydrogen-bond donors (Lipinski definition) is 1. The quantitative estimate of drug-likeness (QED) is 0.772. The summed E-state index contributed by atoms with van der Waals surface area (Å²) in [5, 5.41) is 8.22. The fraction of sp³-hybridized carbons (Fsp3) is 0.222. The molecule has 0 aliphatic carbocycles. The van der Waals surface area contributed by atoms with Crippen molar-refractivity contribution in [2.45, 2.75) is 12.5 Å². The fourth-order valence-electron chi connectivity index (χ4n) is 2.92. The Hall–Kier alpha value is -2.18. The minimum Gasteiger partial charge on any atom is -0.347 e. The van der Waals surface area contributed by atoms with E-state index in [1.165, 1.54) is 4.88 Å². The number of thiophene rings is 1. The minimum atomic E-state index is -0.00119. The average Bonchev–Trinajstić information content (AvgIpc) is 3.36. The lowest BCUT2D eigenvalue weighted by Gasteiger charge is -2.15. The van der Waals surface area contributed by atoms with E-state index in [4.69, 9.17) is 0 Å². The molecule has 1 aliphatic heterocycles. The van der Waals surface area contributed by atoms with Crippen LogP contribution < -0.4 is 10.2 Å². The summed E-state index contributed by atoms with van der Waals surface area (Å²) in [6.07, 6.45) is 2.78. The molecule has 1 amide bonds. The van der Waals surface area contributed by atoms with E-state index in [1.54, 1.807) is 22.7 Å². The van der Waals surface area contributed by atoms with Crippen LogP contribution in [0.4, 0.5) is 5.13 Å². The Morgan fingerprint density at radius 1 is 1.17 bits per heavy atom. The highest BCUT2D eigenvalue weighted by Crippen LogP contribution is 2.25. The van der Waals surface area contributed by atoms with E-state index in [0.717, 1.165) is 30.2 Å². The molecule has 3 heterocycles. The van der Waals surface area contributed by atoms with Crippen LogP contribution in [0.2, 0.25) is 0 Å². The Kier molecular flexibility index (Phi) is 4.32. The summed E-state index contributed by atoms with van der Waals surface area (Å²) < 4.78 is 0. The average molecular weight is 355 g/mol. The highest BCUT2D eigenvalue weighted by atomic mass is 32.1. The maximum absolute atomic E-state index is 12.5. The predicted molar refractivity (Wildman–Crippen MR) is 100.0 cm³/mol. The van der Waals surface area contributed by atoms with Crippen molar-refractivity contribution in [3.63, 3.8) is 0 Å². The third kappa shape index (κ3) is 3.20. The van der Waals surface area contributed by atoms with Gasteiger partial charge < -0.3 is 10.2 Å². The van der Waals surface area contributed by atoms with E-state index in [2.05, 4.69) is 26.6 Å². The molecule has 2 aromatic heterocycles. The molecule has 0 bridgehead atoms. The summed E-state index contributed by atoms with van der Waals surface area (Å²) in [6, 6.07) is 12.1. The third-order valence-electron chi connectivity index (χ3n) is 4.17. The van der Waals surface area contributed by atoms with Crippen LogP contribution in [0.3, 0.4) is 0 Å². The maximum Gasteiger partial charge on any atom is 0.251 e. The lowest BCUT2D eigenvalue weighted by atomic mass is 10.1. The first-order valence-electron chi connectivity index (χ1n) is 7.89. The molecule has 4 rings (SSSR count). The molecule has 6 heteroatoms. The Bertz CT molecular complexity index is 797. The monoisotopic (exact) mass is 355 g/mol. The molecule has 1 aromatic carbocycles. The highest BCUT2D eigenvalue weighted by Gasteiger charge is 2.25. The van der Waals surface area contributed by atoms with Crippen LogP contribution in [0.5, 0.6) is 0 Å². The second-order valence-corrected chi connectivity index (χ2v) is 7.60. The van der Waals surface area contributed by atoms with Gasteiger partial charge in [0.25, 0.3) is 5.91 Å². The van der Waals surface area contributed by atoms with Crippen LogP contribution in [0.25, 0.3) is 10.4 Å². The standard InChI is InChI=1S/C18H17N3OS2/c22-17(14-5-3-13(4-6-14)16-2-1-10-23-16)20-15-7-9-21(12-15)18-19-8-11-24-18/h1-6,8,10-11,15H,7,9,12H2,(H,20,22)/t15-/m0/s1. The van der Waals surface area contributed by atoms with Crippen molar-refractivity contribution in [1.82, 2.24) is 10.3 Å². The molecule has 1 N–H and O–H groups in total. The van der Waals surface area contributed by atoms with Crippen LogP contribution >= 0.6 is 22.7 Å². The molecule has 0 radical (unpaired) electrons. The van der Waals surface area contributed by atoms with E-state index >= 15 is 0 Å². The first-order valence-corrected chi connectivity index (χ1v) is 9.65. The first kappa shape index (κ1) is 15.4. The van der Waals surface area contributed by atoms with Gasteiger partial charge in [-0.15, -0.1) is 22.7 Å². The number of nitrogens with one attached hydrogen (secondary N) is 1. The van der Waals surface area contributed by atoms with Gasteiger partial charge in [0.05, 0.1) is 0 Å². The number of aromatic nitrogens is 1. The molecule has 122 valence electrons. The Labute approximate surface area is 148 Å². The summed E-state index contributed by atoms with van der Waals surface area (Å²) in [5.74, 6) is -0.00119. The van der Waals surface area contributed by atoms with Crippen molar-refractivity contribution in [3.8, 4) is 10.4 Å². The number of amides is 1. The van der Waals surface area contributed by atoms with Crippen LogP contribution in [0.1, 0.15) is 16.8 Å². The number of anilines is 1. The Morgan fingerprint density at radius 2 is 2.04 bits per heavy atom. The van der Waals surface area contributed by atoms with Gasteiger partial charge in [0.1, 0.15) is 0 Å². The number of hydrogen-bond acceptors (Lipinski definition) is 5. The molecule has 0 spiro atoms. The van der Waals surface area contributed by atoms with Gasteiger partial charge in [-0.3, -0.25) is 4.79 Å². The van der Waals surface area contributed by atoms with E-state index < -0.39 is 0 Å². The summed E-state index contributed by atoms with van der Waals surface area (Å²) in [5.41, 5.74) is 1.86. The van der Waals surface area contributed by atoms with Crippen molar-refractivity contribution in [2.24, 2.45) is 0 Å². The summed E-state index contributed by atoms with van der Waals surface area (Å²) in [4.78, 5) is 20.2. The van der Waals surface area contributed by atoms with E-state index in [-0.39, 0.29) is 11.9 Å². The smallest absolute Gasteiger partial charge is 0.251 e. The Balaban J connectivity index is 1.38. The van der Waals surface area contributed by atoms with Crippen molar-refractivity contribution >= 4 is 33.7 Å². The fourth-order valence-corrected chi connectivity index (χ4v) is 4.33. The molecule has 1 aliphatic rings. The molecule has 4 nitrogen and oxygen atoms in total. The number of carbonyl (C=O) groups is 1. The molecule has 0 unspecified atom stereocenters. The van der Waals surface area contributed by atoms with Gasteiger partial charge in [-0.2, -0.15) is 0 Å². The second-order valence-electron chi connectivity index (χ2n) is 5.77. The van der Waals surface area contributed by atoms with Gasteiger partial charge >= 0.3 is 0 Å². The van der Waals surface area contributed by atoms with Gasteiger partial charge in [0, 0.05) is 41.1 Å². The highest BCUT2D eigenvalue weighted by molar-refractivity contribution is 7.13. The SMILES string of the molecule is O=C(N[C@H]1CCN(c2nccs2)C1)c1ccc(-c2cccs2)cc1. The number of carbonyl (C=O) groups excluding carboxylic acids is 1. The van der Waals surface area contributed by atoms with Crippen molar-refractivity contribution in [1.29, 1.82) is 0 Å². The zero-order chi connectivity index (χ0) is 16.4. The molecular weight excluding hydrogens is 338 g/mol. The zero-order valence-corrected chi connectivity index (χ0v) is 14.6. The molecule has 24 heavy (non-hydrogen) atoms. The van der Waals surface area contributed by atoms with Crippen molar-refractivity contribution in [3.05, 3.63) is 58.9 Å². The van der Waals surface area contributed by atoms with E-state index in [1.807, 2.05) is 41.9 Å². The number of thiazole rings is 1. The van der Waals surface area contributed by atoms with Crippen LogP contribution in [-0.4, -0.2) is 30.0 Å². The number of rotatable bonds is 4. The van der Waals surface area contributed by atoms with E-state index in [0.29, 0.717) is 5.56 Å². The van der Waals surface area contributed by atoms with Gasteiger partial charge in [0.2, 0.25) is 0 Å². The number of benzene rings is 1. The molecule has 1 saturated heterocycles. The summed E-state index contributed by atoms with van der Waals surface area (Å²) in [6.45, 7) is 1.77. The minimum absolute atomic E-state index is 0.00119. The van der Waals surface area contributed by atoms with Gasteiger partial charge in [-0.05, 0) is 35.6 Å². The third-order valence-corrected chi connectivity index (χ3v) is 5.92. The molecule has 1 fully saturated rings. The van der Waals surface area contributed by atoms with E-state index in [9.17, 15) is 4.79 Å². The van der Waals surface area contributed by atoms with Gasteiger partial charge in [0.15, 0.2) is 5.13 Å². The summed E-state index contributed by atoms with van der Waals surface area (Å²) >= 11 is 3.35. The topological polar surface area (TPSA) is 45.2 Å². The second kappa shape index (κ2) is 6.75. The van der Waals surface area contributed by atoms with Crippen LogP contribution in [0.15, 0.2) is 53.4 Å². The molecule has 3 aromatic rings. The molecule has 1 atom stereocenters. The predicted octanol–water partition coefficient (Wildman–Crippen LogP) is 3.88. The van der Waals surface area contributed by atoms with Crippen molar-refractivity contribution in [2.75, 3.05) is 18.0 Å². The maximum atomic E-state index is 12.5. The van der Waals surface area contributed by atoms with Gasteiger partial charge in [-0.25, -0.2) is 4.98 Å². The zero-order valence-electron chi connectivity index (χ0n) is 13.0. The molecule has 0 saturated carbocycles. The van der Waals surface area contributed by atoms with Crippen LogP contribution in [-0.2, 0) is 0 Å². The lowest BCUT2D eigenvalue weighted by molar-refractivity contribution is 0.0940.